The van der Waals surface area contributed by atoms with Crippen LogP contribution in [-0.4, -0.2) is 0 Å². The first-order chi connectivity index (χ1) is 25.0. The molecule has 0 saturated heterocycles. The molecule has 0 N–H and O–H groups in total. The minimum atomic E-state index is -0.123. The molecule has 0 radical (unpaired) electrons. The third-order valence-electron chi connectivity index (χ3n) is 12.3. The zero-order chi connectivity index (χ0) is 35.8. The summed E-state index contributed by atoms with van der Waals surface area (Å²) in [6.07, 6.45) is 2.40. The zero-order valence-electron chi connectivity index (χ0n) is 31.3. The second-order valence-corrected chi connectivity index (χ2v) is 16.9. The van der Waals surface area contributed by atoms with E-state index in [1.54, 1.807) is 0 Å². The fourth-order valence-corrected chi connectivity index (χ4v) is 9.18. The maximum absolute atomic E-state index is 2.53. The van der Waals surface area contributed by atoms with Gasteiger partial charge in [-0.25, -0.2) is 0 Å². The van der Waals surface area contributed by atoms with Crippen LogP contribution < -0.4 is 4.90 Å². The first-order valence-corrected chi connectivity index (χ1v) is 18.9. The average molecular weight is 674 g/mol. The first-order valence-electron chi connectivity index (χ1n) is 18.9. The summed E-state index contributed by atoms with van der Waals surface area (Å²) in [5, 5.41) is 2.54. The number of hydrogen-bond acceptors (Lipinski definition) is 1. The third kappa shape index (κ3) is 5.13. The highest BCUT2D eigenvalue weighted by Gasteiger charge is 2.39. The summed E-state index contributed by atoms with van der Waals surface area (Å²) in [6, 6.07) is 56.8. The Morgan fingerprint density at radius 2 is 1.02 bits per heavy atom. The summed E-state index contributed by atoms with van der Waals surface area (Å²) in [7, 11) is 0. The van der Waals surface area contributed by atoms with Gasteiger partial charge in [0, 0.05) is 22.4 Å². The molecular weight excluding hydrogens is 627 g/mol. The Balaban J connectivity index is 1.28. The van der Waals surface area contributed by atoms with Gasteiger partial charge < -0.3 is 4.90 Å². The van der Waals surface area contributed by atoms with Crippen molar-refractivity contribution in [1.82, 2.24) is 0 Å². The third-order valence-corrected chi connectivity index (χ3v) is 12.3. The van der Waals surface area contributed by atoms with Gasteiger partial charge in [-0.05, 0) is 121 Å². The lowest BCUT2D eigenvalue weighted by Gasteiger charge is -2.42. The second-order valence-electron chi connectivity index (χ2n) is 16.9. The molecule has 2 aliphatic rings. The van der Waals surface area contributed by atoms with Crippen molar-refractivity contribution in [3.05, 3.63) is 174 Å². The van der Waals surface area contributed by atoms with Crippen molar-refractivity contribution in [2.24, 2.45) is 0 Å². The van der Waals surface area contributed by atoms with E-state index in [9.17, 15) is 0 Å². The molecule has 0 amide bonds. The summed E-state index contributed by atoms with van der Waals surface area (Å²) in [5.41, 5.74) is 17.1. The first kappa shape index (κ1) is 32.5. The topological polar surface area (TPSA) is 3.24 Å². The fraction of sp³-hybridized carbons (Fsp3) is 0.216. The molecule has 0 aliphatic heterocycles. The maximum atomic E-state index is 2.53. The molecule has 0 atom stereocenters. The normalized spacial score (nSPS) is 16.2. The Morgan fingerprint density at radius 1 is 0.404 bits per heavy atom. The Bertz CT molecular complexity index is 2470. The molecule has 1 heteroatoms. The van der Waals surface area contributed by atoms with E-state index in [-0.39, 0.29) is 16.2 Å². The predicted molar refractivity (Wildman–Crippen MR) is 222 cm³/mol. The minimum Gasteiger partial charge on any atom is -0.310 e. The van der Waals surface area contributed by atoms with Crippen LogP contribution in [0.25, 0.3) is 44.2 Å². The van der Waals surface area contributed by atoms with Crippen LogP contribution in [0, 0.1) is 0 Å². The van der Waals surface area contributed by atoms with Crippen molar-refractivity contribution in [2.45, 2.75) is 70.6 Å². The smallest absolute Gasteiger partial charge is 0.0543 e. The quantitative estimate of drug-likeness (QED) is 0.176. The molecule has 1 nitrogen and oxygen atoms in total. The molecule has 256 valence electrons. The van der Waals surface area contributed by atoms with E-state index >= 15 is 0 Å². The summed E-state index contributed by atoms with van der Waals surface area (Å²) < 4.78 is 0. The van der Waals surface area contributed by atoms with Crippen LogP contribution in [0.3, 0.4) is 0 Å². The number of para-hydroxylation sites is 1. The highest BCUT2D eigenvalue weighted by molar-refractivity contribution is 5.98. The van der Waals surface area contributed by atoms with Gasteiger partial charge in [0.25, 0.3) is 0 Å². The summed E-state index contributed by atoms with van der Waals surface area (Å²) in [6.45, 7) is 14.5. The van der Waals surface area contributed by atoms with Gasteiger partial charge in [0.15, 0.2) is 0 Å². The Morgan fingerprint density at radius 3 is 1.81 bits per heavy atom. The minimum absolute atomic E-state index is 0.114. The van der Waals surface area contributed by atoms with Crippen molar-refractivity contribution < 1.29 is 0 Å². The van der Waals surface area contributed by atoms with E-state index in [0.29, 0.717) is 0 Å². The molecule has 7 aromatic rings. The number of anilines is 3. The highest BCUT2D eigenvalue weighted by atomic mass is 15.1. The molecule has 0 bridgehead atoms. The summed E-state index contributed by atoms with van der Waals surface area (Å²) in [4.78, 5) is 2.48. The van der Waals surface area contributed by atoms with Crippen LogP contribution in [0.1, 0.15) is 76.6 Å². The van der Waals surface area contributed by atoms with Gasteiger partial charge in [-0.2, -0.15) is 0 Å². The molecule has 0 spiro atoms. The molecule has 2 aliphatic carbocycles. The molecule has 52 heavy (non-hydrogen) atoms. The summed E-state index contributed by atoms with van der Waals surface area (Å²) >= 11 is 0. The van der Waals surface area contributed by atoms with Gasteiger partial charge in [0.2, 0.25) is 0 Å². The van der Waals surface area contributed by atoms with Crippen molar-refractivity contribution >= 4 is 27.8 Å². The number of hydrogen-bond donors (Lipinski definition) is 0. The number of nitrogens with zero attached hydrogens (tertiary/aromatic N) is 1. The largest absolute Gasteiger partial charge is 0.310 e. The zero-order valence-corrected chi connectivity index (χ0v) is 31.3. The van der Waals surface area contributed by atoms with E-state index in [0.717, 1.165) is 11.4 Å². The lowest BCUT2D eigenvalue weighted by molar-refractivity contribution is 0.332. The SMILES string of the molecule is CC1(C)CCC(C)(C)c2cc(-c3cc4c(cc3N(c3ccccc3)c3ccc(-c5cccc6ccccc56)cc3)C(C)(C)c3ccccc3-4)ccc21. The van der Waals surface area contributed by atoms with Gasteiger partial charge in [0.05, 0.1) is 5.69 Å². The number of fused-ring (bicyclic) bond motifs is 5. The molecule has 0 aromatic heterocycles. The van der Waals surface area contributed by atoms with Crippen LogP contribution in [0.2, 0.25) is 0 Å². The van der Waals surface area contributed by atoms with Gasteiger partial charge in [0.1, 0.15) is 0 Å². The fourth-order valence-electron chi connectivity index (χ4n) is 9.18. The van der Waals surface area contributed by atoms with Crippen LogP contribution in [0.15, 0.2) is 152 Å². The van der Waals surface area contributed by atoms with Gasteiger partial charge in [-0.3, -0.25) is 0 Å². The molecule has 0 saturated carbocycles. The Kier molecular flexibility index (Phi) is 7.39. The Hall–Kier alpha value is -5.40. The second kappa shape index (κ2) is 11.8. The van der Waals surface area contributed by atoms with E-state index < -0.39 is 0 Å². The summed E-state index contributed by atoms with van der Waals surface area (Å²) in [5.74, 6) is 0. The van der Waals surface area contributed by atoms with E-state index in [1.807, 2.05) is 0 Å². The van der Waals surface area contributed by atoms with E-state index in [4.69, 9.17) is 0 Å². The van der Waals surface area contributed by atoms with Crippen LogP contribution in [-0.2, 0) is 16.2 Å². The Labute approximate surface area is 309 Å². The van der Waals surface area contributed by atoms with Crippen molar-refractivity contribution in [3.63, 3.8) is 0 Å². The van der Waals surface area contributed by atoms with Gasteiger partial charge in [-0.1, -0.05) is 157 Å². The lowest BCUT2D eigenvalue weighted by atomic mass is 9.63. The monoisotopic (exact) mass is 673 g/mol. The van der Waals surface area contributed by atoms with Crippen LogP contribution in [0.4, 0.5) is 17.1 Å². The number of rotatable bonds is 5. The number of benzene rings is 7. The van der Waals surface area contributed by atoms with E-state index in [1.165, 1.54) is 84.9 Å². The highest BCUT2D eigenvalue weighted by Crippen LogP contribution is 2.54. The predicted octanol–water partition coefficient (Wildman–Crippen LogP) is 14.3. The van der Waals surface area contributed by atoms with Crippen molar-refractivity contribution in [2.75, 3.05) is 4.90 Å². The molecule has 0 heterocycles. The van der Waals surface area contributed by atoms with Crippen LogP contribution in [0.5, 0.6) is 0 Å². The van der Waals surface area contributed by atoms with Gasteiger partial charge in [-0.15, -0.1) is 0 Å². The lowest BCUT2D eigenvalue weighted by Crippen LogP contribution is -2.33. The molecule has 7 aromatic carbocycles. The van der Waals surface area contributed by atoms with Crippen LogP contribution >= 0.6 is 0 Å². The maximum Gasteiger partial charge on any atom is 0.0543 e. The van der Waals surface area contributed by atoms with Gasteiger partial charge >= 0.3 is 0 Å². The molecular formula is C51H47N. The molecule has 9 rings (SSSR count). The standard InChI is InChI=1S/C51H47N/c1-49(2)29-30-50(3,4)47-31-36(25-28-45(47)49)42-32-43-41-20-12-13-22-44(41)51(5,6)46(43)33-48(42)52(37-17-8-7-9-18-37)38-26-23-35(24-27-38)40-21-14-16-34-15-10-11-19-39(34)40/h7-28,31-33H,29-30H2,1-6H3. The average Bonchev–Trinajstić information content (AvgIpc) is 3.39. The molecule has 0 fully saturated rings. The van der Waals surface area contributed by atoms with Crippen molar-refractivity contribution in [1.29, 1.82) is 0 Å². The van der Waals surface area contributed by atoms with E-state index in [2.05, 4.69) is 198 Å². The van der Waals surface area contributed by atoms with Crippen molar-refractivity contribution in [3.8, 4) is 33.4 Å². The molecule has 0 unspecified atom stereocenters.